The van der Waals surface area contributed by atoms with Gasteiger partial charge in [0.2, 0.25) is 23.7 Å². The van der Waals surface area contributed by atoms with Crippen LogP contribution in [-0.2, 0) is 40.3 Å². The number of aromatic nitrogens is 6. The molecule has 17 nitrogen and oxygen atoms in total. The number of ether oxygens (including phenoxy) is 1. The molecule has 8 heterocycles. The number of carbonyl (C=O) groups is 2. The second-order valence-electron chi connectivity index (χ2n) is 17.4. The summed E-state index contributed by atoms with van der Waals surface area (Å²) >= 11 is 13.3. The number of nitrogens with two attached hydrogens (primary N) is 2. The van der Waals surface area contributed by atoms with E-state index in [4.69, 9.17) is 49.4 Å². The summed E-state index contributed by atoms with van der Waals surface area (Å²) in [6, 6.07) is 0. The number of amides is 2. The van der Waals surface area contributed by atoms with Gasteiger partial charge in [0.15, 0.2) is 0 Å². The van der Waals surface area contributed by atoms with E-state index in [1.54, 1.807) is 0 Å². The normalized spacial score (nSPS) is 21.8. The summed E-state index contributed by atoms with van der Waals surface area (Å²) in [6.45, 7) is 14.1. The molecule has 2 saturated heterocycles. The topological polar surface area (TPSA) is 226 Å². The molecule has 4 aliphatic heterocycles. The maximum absolute atomic E-state index is 13.9. The average molecular weight is 904 g/mol. The Balaban J connectivity index is 0.877. The summed E-state index contributed by atoms with van der Waals surface area (Å²) in [6.07, 6.45) is 4.44. The molecule has 0 unspecified atom stereocenters. The molecule has 0 aromatic carbocycles. The number of β-amino-alcohol motifs (C(OH)–C–C–N with tert-alkyl or cyclic N) is 2. The Kier molecular flexibility index (Phi) is 13.0. The molecular weight excluding hydrogens is 847 g/mol. The van der Waals surface area contributed by atoms with Gasteiger partial charge in [-0.05, 0) is 80.3 Å². The smallest absolute Gasteiger partial charge is 0.223 e. The summed E-state index contributed by atoms with van der Waals surface area (Å²) < 4.78 is 6.42. The van der Waals surface area contributed by atoms with Crippen LogP contribution in [0.4, 0.5) is 23.5 Å². The molecule has 0 spiro atoms. The molecule has 5 atom stereocenters. The highest BCUT2D eigenvalue weighted by molar-refractivity contribution is 6.31. The van der Waals surface area contributed by atoms with E-state index < -0.39 is 12.2 Å². The van der Waals surface area contributed by atoms with Crippen LogP contribution in [0.3, 0.4) is 0 Å². The van der Waals surface area contributed by atoms with E-state index in [-0.39, 0.29) is 77.9 Å². The molecule has 0 radical (unpaired) electrons. The van der Waals surface area contributed by atoms with Gasteiger partial charge in [-0.3, -0.25) is 19.6 Å². The summed E-state index contributed by atoms with van der Waals surface area (Å²) in [7, 11) is 0. The minimum absolute atomic E-state index is 0.0345. The zero-order valence-electron chi connectivity index (χ0n) is 36.4. The quantitative estimate of drug-likeness (QED) is 0.140. The van der Waals surface area contributed by atoms with Crippen molar-refractivity contribution in [3.63, 3.8) is 0 Å². The zero-order valence-corrected chi connectivity index (χ0v) is 38.0. The summed E-state index contributed by atoms with van der Waals surface area (Å²) in [4.78, 5) is 61.8. The van der Waals surface area contributed by atoms with E-state index in [0.717, 1.165) is 52.0 Å². The largest absolute Gasteiger partial charge is 0.388 e. The Morgan fingerprint density at radius 3 is 1.75 bits per heavy atom. The third kappa shape index (κ3) is 9.08. The Labute approximate surface area is 377 Å². The molecule has 19 heteroatoms. The number of carbonyl (C=O) groups excluding carboxylic acids is 2. The van der Waals surface area contributed by atoms with Gasteiger partial charge in [0.1, 0.15) is 21.9 Å². The number of halogens is 2. The summed E-state index contributed by atoms with van der Waals surface area (Å²) in [5, 5.41) is 20.5. The highest BCUT2D eigenvalue weighted by Crippen LogP contribution is 2.44. The number of nitrogen functional groups attached to an aromatic ring is 2. The van der Waals surface area contributed by atoms with Crippen LogP contribution < -0.4 is 21.3 Å². The van der Waals surface area contributed by atoms with Gasteiger partial charge in [-0.15, -0.1) is 0 Å². The van der Waals surface area contributed by atoms with Crippen LogP contribution >= 0.6 is 23.2 Å². The molecule has 4 aromatic heterocycles. The minimum atomic E-state index is -0.969. The maximum Gasteiger partial charge on any atom is 0.223 e. The van der Waals surface area contributed by atoms with Crippen molar-refractivity contribution < 1.29 is 24.5 Å². The van der Waals surface area contributed by atoms with Crippen molar-refractivity contribution in [3.05, 3.63) is 78.6 Å². The minimum Gasteiger partial charge on any atom is -0.388 e. The van der Waals surface area contributed by atoms with Crippen LogP contribution in [-0.4, -0.2) is 126 Å². The highest BCUT2D eigenvalue weighted by Gasteiger charge is 2.40. The number of anilines is 4. The first-order valence-electron chi connectivity index (χ1n) is 21.7. The van der Waals surface area contributed by atoms with Crippen LogP contribution in [0, 0.1) is 27.7 Å². The summed E-state index contributed by atoms with van der Waals surface area (Å²) in [5.74, 6) is 0.674. The van der Waals surface area contributed by atoms with E-state index in [9.17, 15) is 19.8 Å². The first-order valence-corrected chi connectivity index (χ1v) is 22.4. The second kappa shape index (κ2) is 18.3. The van der Waals surface area contributed by atoms with Crippen molar-refractivity contribution >= 4 is 58.5 Å². The maximum atomic E-state index is 13.9. The van der Waals surface area contributed by atoms with E-state index in [1.165, 1.54) is 16.0 Å². The first-order chi connectivity index (χ1) is 30.1. The van der Waals surface area contributed by atoms with Gasteiger partial charge in [-0.25, -0.2) is 9.97 Å². The number of nitrogens with zero attached hydrogens (tertiary/aromatic N) is 10. The van der Waals surface area contributed by atoms with Crippen LogP contribution in [0.15, 0.2) is 12.4 Å². The van der Waals surface area contributed by atoms with Gasteiger partial charge in [-0.2, -0.15) is 9.97 Å². The van der Waals surface area contributed by atoms with Crippen LogP contribution in [0.2, 0.25) is 10.3 Å². The highest BCUT2D eigenvalue weighted by atomic mass is 35.5. The third-order valence-electron chi connectivity index (χ3n) is 13.3. The predicted molar refractivity (Wildman–Crippen MR) is 240 cm³/mol. The van der Waals surface area contributed by atoms with Crippen LogP contribution in [0.1, 0.15) is 93.9 Å². The van der Waals surface area contributed by atoms with Crippen molar-refractivity contribution in [1.29, 1.82) is 0 Å². The Morgan fingerprint density at radius 1 is 0.730 bits per heavy atom. The SMILES string of the molecule is CCc1c(C)cnc(CN2C[C@H](CC(=O)N3CC[C@@H](OCCc4c(C)cnc(CN5C[C@H](CC(=O)N6C[C@H](O)[C@@H](O)C6)c6c(Cl)nc(N)nc65)c4C)C3)c3c(Cl)nc(N)nc32)c1C. The van der Waals surface area contributed by atoms with Crippen molar-refractivity contribution in [2.24, 2.45) is 0 Å². The lowest BCUT2D eigenvalue weighted by molar-refractivity contribution is -0.131. The van der Waals surface area contributed by atoms with Gasteiger partial charge >= 0.3 is 0 Å². The lowest BCUT2D eigenvalue weighted by atomic mass is 9.99. The molecular formula is C44H56Cl2N12O5. The number of rotatable bonds is 13. The number of likely N-dealkylation sites (tertiary alicyclic amines) is 2. The molecule has 0 bridgehead atoms. The number of hydrogen-bond acceptors (Lipinski definition) is 15. The molecule has 0 aliphatic carbocycles. The number of aryl methyl sites for hydroxylation is 2. The van der Waals surface area contributed by atoms with Crippen molar-refractivity contribution in [2.75, 3.05) is 67.1 Å². The Morgan fingerprint density at radius 2 is 1.22 bits per heavy atom. The average Bonchev–Trinajstić information content (AvgIpc) is 4.01. The molecule has 2 amide bonds. The fraction of sp³-hybridized carbons (Fsp3) is 0.545. The van der Waals surface area contributed by atoms with Crippen molar-refractivity contribution in [1.82, 2.24) is 39.7 Å². The third-order valence-corrected chi connectivity index (χ3v) is 13.9. The lowest BCUT2D eigenvalue weighted by Crippen LogP contribution is -2.32. The first kappa shape index (κ1) is 44.7. The van der Waals surface area contributed by atoms with E-state index in [1.807, 2.05) is 29.1 Å². The lowest BCUT2D eigenvalue weighted by Gasteiger charge is -2.22. The molecule has 6 N–H and O–H groups in total. The number of pyridine rings is 2. The monoisotopic (exact) mass is 902 g/mol. The summed E-state index contributed by atoms with van der Waals surface area (Å²) in [5.41, 5.74) is 22.2. The molecule has 4 aliphatic rings. The molecule has 336 valence electrons. The Bertz CT molecular complexity index is 2410. The van der Waals surface area contributed by atoms with E-state index >= 15 is 0 Å². The van der Waals surface area contributed by atoms with Crippen LogP contribution in [0.5, 0.6) is 0 Å². The van der Waals surface area contributed by atoms with E-state index in [2.05, 4.69) is 52.5 Å². The predicted octanol–water partition coefficient (Wildman–Crippen LogP) is 3.74. The number of fused-ring (bicyclic) bond motifs is 2. The van der Waals surface area contributed by atoms with Gasteiger partial charge < -0.3 is 46.0 Å². The van der Waals surface area contributed by atoms with Gasteiger partial charge in [0.25, 0.3) is 0 Å². The number of aliphatic hydroxyl groups excluding tert-OH is 2. The molecule has 2 fully saturated rings. The van der Waals surface area contributed by atoms with Crippen molar-refractivity contribution in [3.8, 4) is 0 Å². The molecule has 0 saturated carbocycles. The fourth-order valence-electron chi connectivity index (χ4n) is 9.90. The zero-order chi connectivity index (χ0) is 44.9. The molecule has 63 heavy (non-hydrogen) atoms. The Hall–Kier alpha value is -4.94. The van der Waals surface area contributed by atoms with Crippen molar-refractivity contribution in [2.45, 2.75) is 110 Å². The van der Waals surface area contributed by atoms with Gasteiger partial charge in [-0.1, -0.05) is 30.1 Å². The van der Waals surface area contributed by atoms with E-state index in [0.29, 0.717) is 69.5 Å². The fourth-order valence-corrected chi connectivity index (χ4v) is 10.5. The second-order valence-corrected chi connectivity index (χ2v) is 18.1. The van der Waals surface area contributed by atoms with Gasteiger partial charge in [0.05, 0.1) is 49.4 Å². The van der Waals surface area contributed by atoms with Gasteiger partial charge in [0, 0.05) is 87.5 Å². The molecule has 4 aromatic rings. The standard InChI is InChI=1S/C44H56Cl2N12O5/c1-6-29-22(2)13-49-31(24(29)4)18-57-15-26(37-39(45)51-43(47)53-41(37)57)11-35(61)55-9-7-28(17-55)63-10-8-30-23(3)14-50-32(25(30)5)19-58-16-27(38-40(46)52-44(48)54-42(38)58)12-36(62)56-20-33(59)34(60)21-56/h13-14,26-28,33-34,59-60H,6-12,15-21H2,1-5H3,(H2,47,51,53)(H2,48,52,54)/t26-,27-,28+,33-,34-/m0/s1. The molecule has 8 rings (SSSR count). The van der Waals surface area contributed by atoms with Crippen LogP contribution in [0.25, 0.3) is 0 Å². The number of aliphatic hydroxyl groups is 2. The number of hydrogen-bond donors (Lipinski definition) is 4.